The maximum Gasteiger partial charge on any atom is 0.251 e. The lowest BCUT2D eigenvalue weighted by Crippen LogP contribution is -2.08. The van der Waals surface area contributed by atoms with Gasteiger partial charge in [0.1, 0.15) is 5.82 Å². The summed E-state index contributed by atoms with van der Waals surface area (Å²) in [6.45, 7) is 2.41. The van der Waals surface area contributed by atoms with Crippen LogP contribution in [-0.4, -0.2) is 16.5 Å². The summed E-state index contributed by atoms with van der Waals surface area (Å²) >= 11 is 0. The third kappa shape index (κ3) is 2.79. The first-order valence-corrected chi connectivity index (χ1v) is 5.56. The van der Waals surface area contributed by atoms with Crippen molar-refractivity contribution in [3.8, 4) is 11.3 Å². The normalized spacial score (nSPS) is 10.5. The minimum Gasteiger partial charge on any atom is -0.330 e. The van der Waals surface area contributed by atoms with Crippen molar-refractivity contribution in [2.24, 2.45) is 5.73 Å². The Morgan fingerprint density at radius 3 is 2.59 bits per heavy atom. The SMILES string of the molecule is Cc1nc(-c2ccc(CCN)cc2)cc(=O)[nH]1. The van der Waals surface area contributed by atoms with Gasteiger partial charge in [-0.3, -0.25) is 4.79 Å². The van der Waals surface area contributed by atoms with Crippen molar-refractivity contribution in [2.75, 3.05) is 6.54 Å². The molecule has 2 aromatic rings. The number of rotatable bonds is 3. The molecule has 0 saturated heterocycles. The van der Waals surface area contributed by atoms with Crippen molar-refractivity contribution in [1.29, 1.82) is 0 Å². The van der Waals surface area contributed by atoms with Gasteiger partial charge in [0, 0.05) is 11.6 Å². The molecule has 0 fully saturated rings. The van der Waals surface area contributed by atoms with Crippen molar-refractivity contribution in [1.82, 2.24) is 9.97 Å². The van der Waals surface area contributed by atoms with Gasteiger partial charge in [-0.2, -0.15) is 0 Å². The highest BCUT2D eigenvalue weighted by atomic mass is 16.1. The maximum absolute atomic E-state index is 11.3. The fraction of sp³-hybridized carbons (Fsp3) is 0.231. The van der Waals surface area contributed by atoms with Crippen LogP contribution in [-0.2, 0) is 6.42 Å². The van der Waals surface area contributed by atoms with Gasteiger partial charge in [0.25, 0.3) is 5.56 Å². The van der Waals surface area contributed by atoms with E-state index in [0.29, 0.717) is 18.1 Å². The van der Waals surface area contributed by atoms with Crippen LogP contribution in [0.3, 0.4) is 0 Å². The average Bonchev–Trinajstić information content (AvgIpc) is 2.29. The van der Waals surface area contributed by atoms with E-state index in [0.717, 1.165) is 12.0 Å². The highest BCUT2D eigenvalue weighted by molar-refractivity contribution is 5.58. The molecule has 4 nitrogen and oxygen atoms in total. The van der Waals surface area contributed by atoms with E-state index in [1.54, 1.807) is 6.92 Å². The first kappa shape index (κ1) is 11.5. The molecule has 0 amide bonds. The number of nitrogens with two attached hydrogens (primary N) is 1. The summed E-state index contributed by atoms with van der Waals surface area (Å²) in [6.07, 6.45) is 0.863. The molecule has 1 heterocycles. The largest absolute Gasteiger partial charge is 0.330 e. The fourth-order valence-corrected chi connectivity index (χ4v) is 1.74. The first-order chi connectivity index (χ1) is 8.19. The number of hydrogen-bond donors (Lipinski definition) is 2. The smallest absolute Gasteiger partial charge is 0.251 e. The molecule has 4 heteroatoms. The average molecular weight is 229 g/mol. The van der Waals surface area contributed by atoms with Crippen LogP contribution in [0.2, 0.25) is 0 Å². The zero-order chi connectivity index (χ0) is 12.3. The lowest BCUT2D eigenvalue weighted by Gasteiger charge is -2.03. The number of nitrogens with one attached hydrogen (secondary N) is 1. The first-order valence-electron chi connectivity index (χ1n) is 5.56. The van der Waals surface area contributed by atoms with Crippen LogP contribution < -0.4 is 11.3 Å². The second-order valence-electron chi connectivity index (χ2n) is 3.95. The number of H-pyrrole nitrogens is 1. The molecule has 0 saturated carbocycles. The van der Waals surface area contributed by atoms with E-state index in [4.69, 9.17) is 5.73 Å². The molecular formula is C13H15N3O. The molecule has 0 radical (unpaired) electrons. The van der Waals surface area contributed by atoms with Crippen LogP contribution >= 0.6 is 0 Å². The summed E-state index contributed by atoms with van der Waals surface area (Å²) in [6, 6.07) is 9.46. The predicted molar refractivity (Wildman–Crippen MR) is 67.8 cm³/mol. The Balaban J connectivity index is 2.36. The molecule has 2 rings (SSSR count). The van der Waals surface area contributed by atoms with Gasteiger partial charge in [0.05, 0.1) is 5.69 Å². The molecule has 1 aromatic carbocycles. The van der Waals surface area contributed by atoms with Gasteiger partial charge >= 0.3 is 0 Å². The van der Waals surface area contributed by atoms with E-state index in [9.17, 15) is 4.79 Å². The molecule has 0 unspecified atom stereocenters. The summed E-state index contributed by atoms with van der Waals surface area (Å²) in [5.41, 5.74) is 8.20. The second kappa shape index (κ2) is 4.93. The zero-order valence-corrected chi connectivity index (χ0v) is 9.73. The molecule has 0 bridgehead atoms. The molecule has 0 aliphatic carbocycles. The van der Waals surface area contributed by atoms with Crippen molar-refractivity contribution in [3.63, 3.8) is 0 Å². The van der Waals surface area contributed by atoms with Crippen molar-refractivity contribution in [3.05, 3.63) is 52.1 Å². The topological polar surface area (TPSA) is 71.8 Å². The van der Waals surface area contributed by atoms with E-state index in [1.165, 1.54) is 11.6 Å². The lowest BCUT2D eigenvalue weighted by molar-refractivity contribution is 0.968. The van der Waals surface area contributed by atoms with E-state index in [-0.39, 0.29) is 5.56 Å². The highest BCUT2D eigenvalue weighted by Crippen LogP contribution is 2.16. The van der Waals surface area contributed by atoms with Crippen LogP contribution in [0.15, 0.2) is 35.1 Å². The molecule has 88 valence electrons. The summed E-state index contributed by atoms with van der Waals surface area (Å²) in [5.74, 6) is 0.624. The Hall–Kier alpha value is -1.94. The van der Waals surface area contributed by atoms with Gasteiger partial charge in [-0.1, -0.05) is 24.3 Å². The Bertz CT molecular complexity index is 558. The van der Waals surface area contributed by atoms with Crippen LogP contribution in [0, 0.1) is 6.92 Å². The number of aromatic nitrogens is 2. The number of aromatic amines is 1. The molecule has 3 N–H and O–H groups in total. The van der Waals surface area contributed by atoms with Crippen LogP contribution in [0.1, 0.15) is 11.4 Å². The molecule has 1 aromatic heterocycles. The fourth-order valence-electron chi connectivity index (χ4n) is 1.74. The van der Waals surface area contributed by atoms with E-state index < -0.39 is 0 Å². The summed E-state index contributed by atoms with van der Waals surface area (Å²) in [5, 5.41) is 0. The third-order valence-electron chi connectivity index (χ3n) is 2.54. The number of aryl methyl sites for hydroxylation is 1. The standard InChI is InChI=1S/C13H15N3O/c1-9-15-12(8-13(17)16-9)11-4-2-10(3-5-11)6-7-14/h2-5,8H,6-7,14H2,1H3,(H,15,16,17). The van der Waals surface area contributed by atoms with Gasteiger partial charge in [-0.25, -0.2) is 4.98 Å². The molecule has 0 atom stereocenters. The monoisotopic (exact) mass is 229 g/mol. The minimum absolute atomic E-state index is 0.126. The number of benzene rings is 1. The lowest BCUT2D eigenvalue weighted by atomic mass is 10.1. The maximum atomic E-state index is 11.3. The Morgan fingerprint density at radius 1 is 1.29 bits per heavy atom. The molecule has 17 heavy (non-hydrogen) atoms. The summed E-state index contributed by atoms with van der Waals surface area (Å²) in [7, 11) is 0. The van der Waals surface area contributed by atoms with Gasteiger partial charge in [0.15, 0.2) is 0 Å². The van der Waals surface area contributed by atoms with Gasteiger partial charge in [-0.05, 0) is 25.5 Å². The van der Waals surface area contributed by atoms with Crippen LogP contribution in [0.5, 0.6) is 0 Å². The molecule has 0 spiro atoms. The Kier molecular flexibility index (Phi) is 3.35. The van der Waals surface area contributed by atoms with Gasteiger partial charge < -0.3 is 10.7 Å². The van der Waals surface area contributed by atoms with E-state index in [1.807, 2.05) is 24.3 Å². The minimum atomic E-state index is -0.126. The van der Waals surface area contributed by atoms with E-state index in [2.05, 4.69) is 9.97 Å². The third-order valence-corrected chi connectivity index (χ3v) is 2.54. The van der Waals surface area contributed by atoms with Crippen LogP contribution in [0.4, 0.5) is 0 Å². The zero-order valence-electron chi connectivity index (χ0n) is 9.73. The van der Waals surface area contributed by atoms with Crippen molar-refractivity contribution < 1.29 is 0 Å². The van der Waals surface area contributed by atoms with Crippen molar-refractivity contribution in [2.45, 2.75) is 13.3 Å². The van der Waals surface area contributed by atoms with Gasteiger partial charge in [-0.15, -0.1) is 0 Å². The molecule has 0 aliphatic heterocycles. The summed E-state index contributed by atoms with van der Waals surface area (Å²) in [4.78, 5) is 18.3. The Morgan fingerprint density at radius 2 is 2.00 bits per heavy atom. The number of nitrogens with zero attached hydrogens (tertiary/aromatic N) is 1. The molecular weight excluding hydrogens is 214 g/mol. The highest BCUT2D eigenvalue weighted by Gasteiger charge is 2.01. The van der Waals surface area contributed by atoms with Crippen LogP contribution in [0.25, 0.3) is 11.3 Å². The quantitative estimate of drug-likeness (QED) is 0.832. The summed E-state index contributed by atoms with van der Waals surface area (Å²) < 4.78 is 0. The van der Waals surface area contributed by atoms with Gasteiger partial charge in [0.2, 0.25) is 0 Å². The van der Waals surface area contributed by atoms with E-state index >= 15 is 0 Å². The second-order valence-corrected chi connectivity index (χ2v) is 3.95. The Labute approximate surface area is 99.5 Å². The van der Waals surface area contributed by atoms with Crippen molar-refractivity contribution >= 4 is 0 Å². The number of hydrogen-bond acceptors (Lipinski definition) is 3. The molecule has 0 aliphatic rings. The predicted octanol–water partition coefficient (Wildman–Crippen LogP) is 1.25.